The van der Waals surface area contributed by atoms with Crippen molar-refractivity contribution >= 4 is 22.5 Å². The lowest BCUT2D eigenvalue weighted by molar-refractivity contribution is -0.383. The van der Waals surface area contributed by atoms with Gasteiger partial charge >= 0.3 is 0 Å². The van der Waals surface area contributed by atoms with Crippen LogP contribution in [0.5, 0.6) is 0 Å². The Kier molecular flexibility index (Phi) is 3.47. The zero-order chi connectivity index (χ0) is 16.9. The van der Waals surface area contributed by atoms with E-state index >= 15 is 0 Å². The van der Waals surface area contributed by atoms with Crippen molar-refractivity contribution < 1.29 is 19.9 Å². The highest BCUT2D eigenvalue weighted by Crippen LogP contribution is 2.45. The van der Waals surface area contributed by atoms with Crippen molar-refractivity contribution in [1.82, 2.24) is 14.5 Å². The van der Waals surface area contributed by atoms with E-state index in [4.69, 9.17) is 10.5 Å². The minimum absolute atomic E-state index is 0.0233. The summed E-state index contributed by atoms with van der Waals surface area (Å²) in [4.78, 5) is 18.5. The van der Waals surface area contributed by atoms with E-state index in [0.29, 0.717) is 0 Å². The first-order valence-corrected chi connectivity index (χ1v) is 7.03. The molecule has 10 heteroatoms. The highest BCUT2D eigenvalue weighted by Gasteiger charge is 2.51. The molecule has 3 heterocycles. The number of aromatic nitrogens is 3. The van der Waals surface area contributed by atoms with Crippen molar-refractivity contribution in [3.8, 4) is 0 Å². The molecule has 4 atom stereocenters. The van der Waals surface area contributed by atoms with Crippen molar-refractivity contribution in [3.63, 3.8) is 0 Å². The summed E-state index contributed by atoms with van der Waals surface area (Å²) in [5, 5.41) is 31.5. The number of ether oxygens (including phenoxy) is 1. The van der Waals surface area contributed by atoms with Gasteiger partial charge in [0, 0.05) is 5.92 Å². The molecule has 0 saturated carbocycles. The number of fused-ring (bicyclic) bond motifs is 1. The molecule has 4 N–H and O–H groups in total. The molecule has 0 spiro atoms. The molecule has 2 aromatic rings. The van der Waals surface area contributed by atoms with E-state index in [1.54, 1.807) is 13.8 Å². The summed E-state index contributed by atoms with van der Waals surface area (Å²) < 4.78 is 7.08. The van der Waals surface area contributed by atoms with Crippen LogP contribution >= 0.6 is 0 Å². The van der Waals surface area contributed by atoms with Crippen LogP contribution in [-0.2, 0) is 4.74 Å². The van der Waals surface area contributed by atoms with Crippen LogP contribution in [-0.4, -0.2) is 48.0 Å². The van der Waals surface area contributed by atoms with E-state index in [1.165, 1.54) is 17.1 Å². The quantitative estimate of drug-likeness (QED) is 0.535. The van der Waals surface area contributed by atoms with Gasteiger partial charge in [0.2, 0.25) is 0 Å². The second-order valence-electron chi connectivity index (χ2n) is 5.86. The fourth-order valence-electron chi connectivity index (χ4n) is 2.98. The number of nitrogens with zero attached hydrogens (tertiary/aromatic N) is 4. The van der Waals surface area contributed by atoms with Crippen molar-refractivity contribution in [2.45, 2.75) is 31.8 Å². The van der Waals surface area contributed by atoms with Gasteiger partial charge < -0.3 is 20.7 Å². The standard InChI is InChI=1S/C13H17N5O5/c1-6-8(4-19)23-12(13(6,2)20)17-3-7(18(21)22)9-10(14)15-5-16-11(9)17/h3,5-6,8,12,19-20H,4H2,1-2H3,(H2,14,15,16)/t6?,8?,12-,13-/m1/s1. The third-order valence-electron chi connectivity index (χ3n) is 4.53. The molecular weight excluding hydrogens is 306 g/mol. The molecule has 1 fully saturated rings. The second-order valence-corrected chi connectivity index (χ2v) is 5.86. The first-order valence-electron chi connectivity index (χ1n) is 7.03. The number of aliphatic hydroxyl groups is 2. The Balaban J connectivity index is 2.21. The van der Waals surface area contributed by atoms with Crippen molar-refractivity contribution in [1.29, 1.82) is 0 Å². The Morgan fingerprint density at radius 2 is 2.26 bits per heavy atom. The predicted octanol–water partition coefficient (Wildman–Crippen LogP) is 0.199. The summed E-state index contributed by atoms with van der Waals surface area (Å²) in [6.45, 7) is 3.02. The monoisotopic (exact) mass is 323 g/mol. The number of aliphatic hydroxyl groups excluding tert-OH is 1. The summed E-state index contributed by atoms with van der Waals surface area (Å²) in [7, 11) is 0. The van der Waals surface area contributed by atoms with Gasteiger partial charge in [-0.15, -0.1) is 0 Å². The molecule has 1 aliphatic heterocycles. The molecule has 0 radical (unpaired) electrons. The largest absolute Gasteiger partial charge is 0.394 e. The van der Waals surface area contributed by atoms with Crippen molar-refractivity contribution in [2.24, 2.45) is 5.92 Å². The van der Waals surface area contributed by atoms with Gasteiger partial charge in [-0.25, -0.2) is 9.97 Å². The lowest BCUT2D eigenvalue weighted by Crippen LogP contribution is -2.38. The van der Waals surface area contributed by atoms with Crippen LogP contribution in [0, 0.1) is 16.0 Å². The summed E-state index contributed by atoms with van der Waals surface area (Å²) in [6.07, 6.45) is 0.876. The van der Waals surface area contributed by atoms with Gasteiger partial charge in [0.05, 0.1) is 23.8 Å². The summed E-state index contributed by atoms with van der Waals surface area (Å²) in [6, 6.07) is 0. The fraction of sp³-hybridized carbons (Fsp3) is 0.538. The first kappa shape index (κ1) is 15.6. The van der Waals surface area contributed by atoms with Gasteiger partial charge in [0.1, 0.15) is 23.1 Å². The van der Waals surface area contributed by atoms with Gasteiger partial charge in [-0.05, 0) is 6.92 Å². The molecular formula is C13H17N5O5. The molecule has 0 aromatic carbocycles. The Morgan fingerprint density at radius 3 is 2.83 bits per heavy atom. The van der Waals surface area contributed by atoms with E-state index in [9.17, 15) is 20.3 Å². The van der Waals surface area contributed by atoms with Gasteiger partial charge in [-0.3, -0.25) is 14.7 Å². The zero-order valence-electron chi connectivity index (χ0n) is 12.6. The lowest BCUT2D eigenvalue weighted by Gasteiger charge is -2.28. The highest BCUT2D eigenvalue weighted by molar-refractivity contribution is 5.95. The number of nitrogens with two attached hydrogens (primary N) is 1. The molecule has 10 nitrogen and oxygen atoms in total. The minimum Gasteiger partial charge on any atom is -0.394 e. The maximum absolute atomic E-state index is 11.3. The SMILES string of the molecule is CC1C(CO)O[C@@H](n2cc([N+](=O)[O-])c3c(N)ncnc32)[C@]1(C)O. The van der Waals surface area contributed by atoms with E-state index in [2.05, 4.69) is 9.97 Å². The number of hydrogen-bond acceptors (Lipinski definition) is 8. The Hall–Kier alpha value is -2.30. The van der Waals surface area contributed by atoms with E-state index in [-0.39, 0.29) is 35.1 Å². The Labute approximate surface area is 130 Å². The van der Waals surface area contributed by atoms with Crippen molar-refractivity contribution in [3.05, 3.63) is 22.6 Å². The third kappa shape index (κ3) is 2.14. The summed E-state index contributed by atoms with van der Waals surface area (Å²) in [5.41, 5.74) is 4.32. The van der Waals surface area contributed by atoms with Gasteiger partial charge in [-0.2, -0.15) is 0 Å². The van der Waals surface area contributed by atoms with E-state index in [1.807, 2.05) is 0 Å². The molecule has 23 heavy (non-hydrogen) atoms. The number of nitrogen functional groups attached to an aromatic ring is 1. The average Bonchev–Trinajstić information content (AvgIpc) is 2.97. The minimum atomic E-state index is -1.35. The molecule has 124 valence electrons. The summed E-state index contributed by atoms with van der Waals surface area (Å²) in [5.74, 6) is -0.405. The maximum Gasteiger partial charge on any atom is 0.300 e. The van der Waals surface area contributed by atoms with Crippen LogP contribution in [0.4, 0.5) is 11.5 Å². The highest BCUT2D eigenvalue weighted by atomic mass is 16.6. The number of anilines is 1. The zero-order valence-corrected chi connectivity index (χ0v) is 12.6. The predicted molar refractivity (Wildman–Crippen MR) is 79.4 cm³/mol. The van der Waals surface area contributed by atoms with E-state index < -0.39 is 22.9 Å². The van der Waals surface area contributed by atoms with E-state index in [0.717, 1.165) is 0 Å². The number of hydrogen-bond donors (Lipinski definition) is 3. The molecule has 1 aliphatic rings. The van der Waals surface area contributed by atoms with Crippen LogP contribution in [0.3, 0.4) is 0 Å². The average molecular weight is 323 g/mol. The molecule has 0 bridgehead atoms. The third-order valence-corrected chi connectivity index (χ3v) is 4.53. The lowest BCUT2D eigenvalue weighted by atomic mass is 9.88. The van der Waals surface area contributed by atoms with Crippen LogP contribution < -0.4 is 5.73 Å². The smallest absolute Gasteiger partial charge is 0.300 e. The molecule has 3 rings (SSSR count). The van der Waals surface area contributed by atoms with Gasteiger partial charge in [-0.1, -0.05) is 6.92 Å². The number of rotatable bonds is 3. The van der Waals surface area contributed by atoms with Crippen LogP contribution in [0.15, 0.2) is 12.5 Å². The van der Waals surface area contributed by atoms with Gasteiger partial charge in [0.15, 0.2) is 11.9 Å². The van der Waals surface area contributed by atoms with Crippen LogP contribution in [0.1, 0.15) is 20.1 Å². The summed E-state index contributed by atoms with van der Waals surface area (Å²) >= 11 is 0. The Morgan fingerprint density at radius 1 is 1.57 bits per heavy atom. The normalized spacial score (nSPS) is 30.9. The maximum atomic E-state index is 11.3. The first-order chi connectivity index (χ1) is 10.8. The second kappa shape index (κ2) is 5.11. The van der Waals surface area contributed by atoms with Crippen LogP contribution in [0.2, 0.25) is 0 Å². The van der Waals surface area contributed by atoms with Crippen molar-refractivity contribution in [2.75, 3.05) is 12.3 Å². The Bertz CT molecular complexity index is 773. The molecule has 0 amide bonds. The van der Waals surface area contributed by atoms with Crippen LogP contribution in [0.25, 0.3) is 11.0 Å². The topological polar surface area (TPSA) is 150 Å². The molecule has 1 saturated heterocycles. The van der Waals surface area contributed by atoms with Gasteiger partial charge in [0.25, 0.3) is 5.69 Å². The number of nitro groups is 1. The molecule has 2 aromatic heterocycles. The molecule has 2 unspecified atom stereocenters. The molecule has 0 aliphatic carbocycles. The fourth-order valence-corrected chi connectivity index (χ4v) is 2.98.